The van der Waals surface area contributed by atoms with Crippen LogP contribution in [0.4, 0.5) is 0 Å². The molecule has 6 N–H and O–H groups in total. The average Bonchev–Trinajstić information content (AvgIpc) is 3.10. The van der Waals surface area contributed by atoms with Gasteiger partial charge >= 0.3 is 29.8 Å². The summed E-state index contributed by atoms with van der Waals surface area (Å²) in [7, 11) is 0. The smallest absolute Gasteiger partial charge is 0.320 e. The van der Waals surface area contributed by atoms with Gasteiger partial charge in [-0.15, -0.1) is 0 Å². The van der Waals surface area contributed by atoms with E-state index >= 15 is 0 Å². The van der Waals surface area contributed by atoms with E-state index in [-0.39, 0.29) is 45.1 Å². The van der Waals surface area contributed by atoms with Gasteiger partial charge in [0.25, 0.3) is 0 Å². The molecule has 0 aliphatic heterocycles. The lowest BCUT2D eigenvalue weighted by Gasteiger charge is -2.34. The first kappa shape index (κ1) is 41.8. The van der Waals surface area contributed by atoms with Crippen molar-refractivity contribution < 1.29 is 54.3 Å². The Labute approximate surface area is 307 Å². The van der Waals surface area contributed by atoms with Crippen molar-refractivity contribution in [3.63, 3.8) is 0 Å². The van der Waals surface area contributed by atoms with E-state index in [2.05, 4.69) is 5.32 Å². The van der Waals surface area contributed by atoms with E-state index in [4.69, 9.17) is 0 Å². The molecule has 0 heterocycles. The number of hydrogen-bond donors (Lipinski definition) is 6. The zero-order chi connectivity index (χ0) is 38.8. The Balaban J connectivity index is 1.79. The second-order valence-electron chi connectivity index (χ2n) is 12.5. The van der Waals surface area contributed by atoms with E-state index in [0.717, 1.165) is 26.5 Å². The third-order valence-electron chi connectivity index (χ3n) is 8.72. The van der Waals surface area contributed by atoms with Crippen LogP contribution in [0.3, 0.4) is 0 Å². The molecule has 0 fully saturated rings. The SMILES string of the molecule is O=C(O)CN(CCN(CCN(CC(=O)O)CC(=O)O)C(CCCCNC(=O)C(c1ccccc1)(c1ccccc1)c1ccccc1)C(=O)O)CC(=O)O. The highest BCUT2D eigenvalue weighted by molar-refractivity contribution is 5.96. The summed E-state index contributed by atoms with van der Waals surface area (Å²) in [4.78, 5) is 76.1. The monoisotopic (exact) mass is 734 g/mol. The predicted molar refractivity (Wildman–Crippen MR) is 192 cm³/mol. The van der Waals surface area contributed by atoms with Crippen molar-refractivity contribution in [1.29, 1.82) is 0 Å². The van der Waals surface area contributed by atoms with Crippen LogP contribution in [-0.2, 0) is 34.2 Å². The number of carboxylic acids is 5. The normalized spacial score (nSPS) is 12.1. The number of unbranched alkanes of at least 4 members (excludes halogenated alkanes) is 1. The average molecular weight is 735 g/mol. The quantitative estimate of drug-likeness (QED) is 0.0541. The third kappa shape index (κ3) is 12.8. The highest BCUT2D eigenvalue weighted by Crippen LogP contribution is 2.39. The first-order chi connectivity index (χ1) is 25.3. The maximum atomic E-state index is 14.4. The summed E-state index contributed by atoms with van der Waals surface area (Å²) in [6.45, 7) is -2.73. The van der Waals surface area contributed by atoms with Crippen molar-refractivity contribution in [2.24, 2.45) is 0 Å². The number of hydrogen-bond acceptors (Lipinski definition) is 9. The number of rotatable bonds is 25. The molecule has 53 heavy (non-hydrogen) atoms. The highest BCUT2D eigenvalue weighted by atomic mass is 16.4. The molecule has 3 aromatic rings. The fraction of sp³-hybridized carbons (Fsp3) is 0.368. The Morgan fingerprint density at radius 1 is 0.528 bits per heavy atom. The molecule has 1 atom stereocenters. The number of nitrogens with zero attached hydrogens (tertiary/aromatic N) is 3. The summed E-state index contributed by atoms with van der Waals surface area (Å²) in [6, 6.07) is 27.0. The number of carbonyl (C=O) groups is 6. The van der Waals surface area contributed by atoms with E-state index in [9.17, 15) is 54.3 Å². The van der Waals surface area contributed by atoms with E-state index in [0.29, 0.717) is 12.8 Å². The molecule has 0 bridgehead atoms. The van der Waals surface area contributed by atoms with Gasteiger partial charge in [-0.3, -0.25) is 43.5 Å². The van der Waals surface area contributed by atoms with Crippen molar-refractivity contribution in [3.8, 4) is 0 Å². The minimum absolute atomic E-state index is 0.0716. The van der Waals surface area contributed by atoms with Crippen LogP contribution in [0, 0.1) is 0 Å². The predicted octanol–water partition coefficient (Wildman–Crippen LogP) is 2.01. The van der Waals surface area contributed by atoms with Crippen LogP contribution in [0.2, 0.25) is 0 Å². The molecule has 15 heteroatoms. The molecule has 0 saturated carbocycles. The third-order valence-corrected chi connectivity index (χ3v) is 8.72. The van der Waals surface area contributed by atoms with Crippen LogP contribution in [0.1, 0.15) is 36.0 Å². The second kappa shape index (κ2) is 21.0. The Kier molecular flexibility index (Phi) is 16.6. The molecule has 1 unspecified atom stereocenters. The van der Waals surface area contributed by atoms with Gasteiger partial charge in [0.2, 0.25) is 5.91 Å². The fourth-order valence-corrected chi connectivity index (χ4v) is 6.37. The molecule has 0 aromatic heterocycles. The lowest BCUT2D eigenvalue weighted by molar-refractivity contribution is -0.146. The number of benzene rings is 3. The van der Waals surface area contributed by atoms with Crippen molar-refractivity contribution in [2.75, 3.05) is 58.9 Å². The second-order valence-corrected chi connectivity index (χ2v) is 12.5. The summed E-state index contributed by atoms with van der Waals surface area (Å²) in [5, 5.41) is 50.4. The van der Waals surface area contributed by atoms with Crippen LogP contribution >= 0.6 is 0 Å². The van der Waals surface area contributed by atoms with E-state index in [1.54, 1.807) is 0 Å². The Morgan fingerprint density at radius 3 is 1.21 bits per heavy atom. The zero-order valence-corrected chi connectivity index (χ0v) is 29.3. The lowest BCUT2D eigenvalue weighted by Crippen LogP contribution is -2.50. The van der Waals surface area contributed by atoms with E-state index in [1.165, 1.54) is 4.90 Å². The summed E-state index contributed by atoms with van der Waals surface area (Å²) < 4.78 is 0. The van der Waals surface area contributed by atoms with Crippen molar-refractivity contribution in [1.82, 2.24) is 20.0 Å². The minimum atomic E-state index is -1.28. The van der Waals surface area contributed by atoms with Crippen molar-refractivity contribution in [3.05, 3.63) is 108 Å². The molecule has 0 radical (unpaired) electrons. The fourth-order valence-electron chi connectivity index (χ4n) is 6.37. The Morgan fingerprint density at radius 2 is 0.887 bits per heavy atom. The minimum Gasteiger partial charge on any atom is -0.480 e. The van der Waals surface area contributed by atoms with Crippen LogP contribution in [0.5, 0.6) is 0 Å². The number of nitrogens with one attached hydrogen (secondary N) is 1. The van der Waals surface area contributed by atoms with Gasteiger partial charge in [-0.25, -0.2) is 0 Å². The highest BCUT2D eigenvalue weighted by Gasteiger charge is 2.43. The van der Waals surface area contributed by atoms with Gasteiger partial charge < -0.3 is 30.8 Å². The largest absolute Gasteiger partial charge is 0.480 e. The molecule has 15 nitrogen and oxygen atoms in total. The van der Waals surface area contributed by atoms with Gasteiger partial charge in [0, 0.05) is 32.7 Å². The van der Waals surface area contributed by atoms with Crippen LogP contribution < -0.4 is 5.32 Å². The number of aliphatic carboxylic acids is 5. The van der Waals surface area contributed by atoms with Crippen LogP contribution in [-0.4, -0.2) is 141 Å². The molecule has 1 amide bonds. The molecular formula is C38H46N4O11. The molecule has 284 valence electrons. The van der Waals surface area contributed by atoms with Crippen molar-refractivity contribution >= 4 is 35.8 Å². The van der Waals surface area contributed by atoms with E-state index in [1.807, 2.05) is 91.0 Å². The Bertz CT molecular complexity index is 1490. The topological polar surface area (TPSA) is 225 Å². The number of amides is 1. The van der Waals surface area contributed by atoms with E-state index < -0.39 is 67.5 Å². The van der Waals surface area contributed by atoms with Gasteiger partial charge in [0.05, 0.1) is 26.2 Å². The van der Waals surface area contributed by atoms with Crippen molar-refractivity contribution in [2.45, 2.75) is 30.7 Å². The van der Waals surface area contributed by atoms with Gasteiger partial charge in [-0.2, -0.15) is 0 Å². The number of carbonyl (C=O) groups excluding carboxylic acids is 1. The summed E-state index contributed by atoms with van der Waals surface area (Å²) in [5.41, 5.74) is 1.09. The number of carboxylic acid groups (broad SMARTS) is 5. The van der Waals surface area contributed by atoms with Gasteiger partial charge in [-0.1, -0.05) is 91.0 Å². The Hall–Kier alpha value is -5.64. The molecule has 0 spiro atoms. The molecule has 0 saturated heterocycles. The van der Waals surface area contributed by atoms with Crippen LogP contribution in [0.25, 0.3) is 0 Å². The zero-order valence-electron chi connectivity index (χ0n) is 29.3. The van der Waals surface area contributed by atoms with Crippen LogP contribution in [0.15, 0.2) is 91.0 Å². The van der Waals surface area contributed by atoms with Gasteiger partial charge in [0.1, 0.15) is 11.5 Å². The lowest BCUT2D eigenvalue weighted by atomic mass is 9.68. The summed E-state index contributed by atoms with van der Waals surface area (Å²) >= 11 is 0. The maximum Gasteiger partial charge on any atom is 0.320 e. The maximum absolute atomic E-state index is 14.4. The molecule has 0 aliphatic rings. The molecule has 0 aliphatic carbocycles. The first-order valence-corrected chi connectivity index (χ1v) is 17.1. The summed E-state index contributed by atoms with van der Waals surface area (Å²) in [5.74, 6) is -6.61. The molecule has 3 aromatic carbocycles. The van der Waals surface area contributed by atoms with Gasteiger partial charge in [-0.05, 0) is 36.0 Å². The molecular weight excluding hydrogens is 688 g/mol. The van der Waals surface area contributed by atoms with Gasteiger partial charge in [0.15, 0.2) is 0 Å². The first-order valence-electron chi connectivity index (χ1n) is 17.1. The summed E-state index contributed by atoms with van der Waals surface area (Å²) in [6.07, 6.45) is 0.777. The standard InChI is InChI=1S/C38H46N4O11/c43-32(44)24-40(25-33(45)46)20-22-42(23-21-41(26-34(47)48)27-35(49)50)31(36(51)52)18-10-11-19-39-37(53)38(28-12-4-1-5-13-28,29-14-6-2-7-15-29)30-16-8-3-9-17-30/h1-9,12-17,31H,10-11,18-27H2,(H,39,53)(H,43,44)(H,45,46)(H,47,48)(H,49,50)(H,51,52). The molecule has 3 rings (SSSR count).